The summed E-state index contributed by atoms with van der Waals surface area (Å²) in [6.45, 7) is 5.87. The molecule has 0 atom stereocenters. The second-order valence-electron chi connectivity index (χ2n) is 8.44. The van der Waals surface area contributed by atoms with Crippen LogP contribution in [0.25, 0.3) is 22.3 Å². The number of aromatic hydroxyl groups is 3. The SMILES string of the molecule is Cc1cccc(O)c1-c1c(C)cccc1OCc1c(Br)cc(Br)c(O)c1-c1c(C)c(Br)cc(Br)c1O. The smallest absolute Gasteiger partial charge is 0.138 e. The number of halogens is 4. The van der Waals surface area contributed by atoms with Gasteiger partial charge in [0, 0.05) is 36.8 Å². The Bertz CT molecular complexity index is 1450. The molecule has 4 aromatic carbocycles. The molecule has 3 N–H and O–H groups in total. The molecule has 0 unspecified atom stereocenters. The van der Waals surface area contributed by atoms with Gasteiger partial charge < -0.3 is 20.1 Å². The molecule has 0 amide bonds. The van der Waals surface area contributed by atoms with Gasteiger partial charge in [-0.05, 0) is 93.6 Å². The van der Waals surface area contributed by atoms with Crippen LogP contribution in [0.15, 0.2) is 66.4 Å². The summed E-state index contributed by atoms with van der Waals surface area (Å²) in [4.78, 5) is 0. The monoisotopic (exact) mass is 738 g/mol. The van der Waals surface area contributed by atoms with E-state index >= 15 is 0 Å². The van der Waals surface area contributed by atoms with Crippen LogP contribution in [0.1, 0.15) is 22.3 Å². The molecule has 0 radical (unpaired) electrons. The standard InChI is InChI=1S/C28H22Br4O4/c1-13-6-4-8-21(33)23(13)24-14(2)7-5-9-22(24)36-12-16-18(30)11-20(32)28(35)26(16)25-15(3)17(29)10-19(31)27(25)34/h4-11,33-35H,12H2,1-3H3. The number of aryl methyl sites for hydroxylation is 2. The Hall–Kier alpha value is -2.00. The van der Waals surface area contributed by atoms with Gasteiger partial charge in [0.15, 0.2) is 0 Å². The molecular weight excluding hydrogens is 720 g/mol. The zero-order valence-electron chi connectivity index (χ0n) is 19.6. The minimum absolute atomic E-state index is 0.0123. The van der Waals surface area contributed by atoms with Crippen LogP contribution >= 0.6 is 63.7 Å². The molecule has 4 nitrogen and oxygen atoms in total. The van der Waals surface area contributed by atoms with E-state index in [4.69, 9.17) is 4.74 Å². The van der Waals surface area contributed by atoms with E-state index in [0.717, 1.165) is 26.7 Å². The lowest BCUT2D eigenvalue weighted by atomic mass is 9.93. The average molecular weight is 742 g/mol. The summed E-state index contributed by atoms with van der Waals surface area (Å²) in [5.74, 6) is 0.771. The zero-order valence-corrected chi connectivity index (χ0v) is 25.9. The molecule has 0 heterocycles. The summed E-state index contributed by atoms with van der Waals surface area (Å²) in [7, 11) is 0. The minimum atomic E-state index is -0.0128. The van der Waals surface area contributed by atoms with Gasteiger partial charge in [-0.3, -0.25) is 0 Å². The van der Waals surface area contributed by atoms with Gasteiger partial charge in [-0.1, -0.05) is 56.1 Å². The molecule has 0 aromatic heterocycles. The van der Waals surface area contributed by atoms with Crippen LogP contribution in [-0.2, 0) is 6.61 Å². The lowest BCUT2D eigenvalue weighted by molar-refractivity contribution is 0.306. The van der Waals surface area contributed by atoms with Gasteiger partial charge in [0.25, 0.3) is 0 Å². The normalized spacial score (nSPS) is 11.1. The highest BCUT2D eigenvalue weighted by molar-refractivity contribution is 9.11. The second-order valence-corrected chi connectivity index (χ2v) is 11.9. The Labute approximate surface area is 243 Å². The Morgan fingerprint density at radius 2 is 1.19 bits per heavy atom. The van der Waals surface area contributed by atoms with E-state index in [9.17, 15) is 15.3 Å². The Kier molecular flexibility index (Phi) is 8.10. The van der Waals surface area contributed by atoms with Crippen molar-refractivity contribution in [1.29, 1.82) is 0 Å². The number of phenols is 3. The van der Waals surface area contributed by atoms with E-state index in [1.807, 2.05) is 51.1 Å². The van der Waals surface area contributed by atoms with Crippen molar-refractivity contribution in [3.63, 3.8) is 0 Å². The third-order valence-corrected chi connectivity index (χ3v) is 8.85. The molecule has 0 spiro atoms. The molecule has 0 aliphatic carbocycles. The summed E-state index contributed by atoms with van der Waals surface area (Å²) in [5.41, 5.74) is 5.75. The van der Waals surface area contributed by atoms with Crippen LogP contribution in [0.4, 0.5) is 0 Å². The predicted molar refractivity (Wildman–Crippen MR) is 158 cm³/mol. The van der Waals surface area contributed by atoms with Gasteiger partial charge in [0.2, 0.25) is 0 Å². The van der Waals surface area contributed by atoms with Crippen LogP contribution in [0.3, 0.4) is 0 Å². The number of hydrogen-bond acceptors (Lipinski definition) is 4. The molecule has 36 heavy (non-hydrogen) atoms. The van der Waals surface area contributed by atoms with E-state index in [0.29, 0.717) is 41.4 Å². The molecular formula is C28H22Br4O4. The first-order chi connectivity index (χ1) is 17.0. The first kappa shape index (κ1) is 27.0. The first-order valence-corrected chi connectivity index (χ1v) is 14.1. The fourth-order valence-corrected chi connectivity index (χ4v) is 6.72. The van der Waals surface area contributed by atoms with Crippen LogP contribution < -0.4 is 4.74 Å². The van der Waals surface area contributed by atoms with Crippen LogP contribution in [0, 0.1) is 20.8 Å². The predicted octanol–water partition coefficient (Wildman–Crippen LogP) is 9.69. The first-order valence-electron chi connectivity index (χ1n) is 10.9. The molecule has 0 saturated heterocycles. The van der Waals surface area contributed by atoms with Crippen molar-refractivity contribution < 1.29 is 20.1 Å². The van der Waals surface area contributed by atoms with E-state index in [1.54, 1.807) is 18.2 Å². The van der Waals surface area contributed by atoms with Crippen molar-refractivity contribution in [3.8, 4) is 45.3 Å². The maximum atomic E-state index is 11.1. The van der Waals surface area contributed by atoms with E-state index in [1.165, 1.54) is 0 Å². The molecule has 4 rings (SSSR count). The minimum Gasteiger partial charge on any atom is -0.507 e. The van der Waals surface area contributed by atoms with Gasteiger partial charge >= 0.3 is 0 Å². The third-order valence-electron chi connectivity index (χ3n) is 6.11. The summed E-state index contributed by atoms with van der Waals surface area (Å²) in [6.07, 6.45) is 0. The summed E-state index contributed by atoms with van der Waals surface area (Å²) in [6, 6.07) is 14.7. The number of hydrogen-bond donors (Lipinski definition) is 3. The molecule has 8 heteroatoms. The van der Waals surface area contributed by atoms with Crippen LogP contribution in [-0.4, -0.2) is 15.3 Å². The molecule has 0 aliphatic heterocycles. The van der Waals surface area contributed by atoms with Crippen molar-refractivity contribution in [3.05, 3.63) is 88.7 Å². The lowest BCUT2D eigenvalue weighted by Crippen LogP contribution is -2.03. The van der Waals surface area contributed by atoms with Gasteiger partial charge in [0.1, 0.15) is 29.6 Å². The Morgan fingerprint density at radius 1 is 0.639 bits per heavy atom. The molecule has 186 valence electrons. The van der Waals surface area contributed by atoms with Crippen LogP contribution in [0.5, 0.6) is 23.0 Å². The fraction of sp³-hybridized carbons (Fsp3) is 0.143. The van der Waals surface area contributed by atoms with Crippen molar-refractivity contribution in [2.24, 2.45) is 0 Å². The third kappa shape index (κ3) is 4.93. The van der Waals surface area contributed by atoms with E-state index < -0.39 is 0 Å². The lowest BCUT2D eigenvalue weighted by Gasteiger charge is -2.21. The Morgan fingerprint density at radius 3 is 1.83 bits per heavy atom. The van der Waals surface area contributed by atoms with Crippen molar-refractivity contribution in [2.45, 2.75) is 27.4 Å². The van der Waals surface area contributed by atoms with Crippen LogP contribution in [0.2, 0.25) is 0 Å². The molecule has 4 aromatic rings. The highest BCUT2D eigenvalue weighted by Gasteiger charge is 2.25. The quantitative estimate of drug-likeness (QED) is 0.191. The number of phenolic OH excluding ortho intramolecular Hbond substituents is 3. The van der Waals surface area contributed by atoms with Gasteiger partial charge in [-0.15, -0.1) is 0 Å². The van der Waals surface area contributed by atoms with Gasteiger partial charge in [0.05, 0.1) is 8.95 Å². The second kappa shape index (κ2) is 10.8. The average Bonchev–Trinajstić information content (AvgIpc) is 2.81. The topological polar surface area (TPSA) is 69.9 Å². The van der Waals surface area contributed by atoms with Crippen molar-refractivity contribution in [1.82, 2.24) is 0 Å². The van der Waals surface area contributed by atoms with Crippen molar-refractivity contribution in [2.75, 3.05) is 0 Å². The van der Waals surface area contributed by atoms with Crippen molar-refractivity contribution >= 4 is 63.7 Å². The van der Waals surface area contributed by atoms with Gasteiger partial charge in [-0.25, -0.2) is 0 Å². The highest BCUT2D eigenvalue weighted by atomic mass is 79.9. The molecule has 0 saturated carbocycles. The highest BCUT2D eigenvalue weighted by Crippen LogP contribution is 2.50. The molecule has 0 aliphatic rings. The number of rotatable bonds is 5. The maximum absolute atomic E-state index is 11.1. The van der Waals surface area contributed by atoms with E-state index in [-0.39, 0.29) is 23.9 Å². The fourth-order valence-electron chi connectivity index (χ4n) is 4.28. The number of ether oxygens (including phenoxy) is 1. The molecule has 0 bridgehead atoms. The van der Waals surface area contributed by atoms with Gasteiger partial charge in [-0.2, -0.15) is 0 Å². The molecule has 0 fully saturated rings. The maximum Gasteiger partial charge on any atom is 0.138 e. The van der Waals surface area contributed by atoms with E-state index in [2.05, 4.69) is 63.7 Å². The summed E-state index contributed by atoms with van der Waals surface area (Å²) >= 11 is 14.0. The largest absolute Gasteiger partial charge is 0.507 e. The number of benzene rings is 4. The zero-order chi connectivity index (χ0) is 26.3. The summed E-state index contributed by atoms with van der Waals surface area (Å²) in [5, 5.41) is 32.8. The Balaban J connectivity index is 1.89. The summed E-state index contributed by atoms with van der Waals surface area (Å²) < 4.78 is 8.82.